The van der Waals surface area contributed by atoms with E-state index in [0.29, 0.717) is 25.3 Å². The number of aliphatic carboxylic acids is 1. The molecule has 0 spiro atoms. The van der Waals surface area contributed by atoms with Gasteiger partial charge in [0.25, 0.3) is 0 Å². The van der Waals surface area contributed by atoms with Crippen LogP contribution >= 0.6 is 0 Å². The second kappa shape index (κ2) is 4.69. The number of carboxylic acid groups (broad SMARTS) is 1. The molecule has 0 bridgehead atoms. The highest BCUT2D eigenvalue weighted by atomic mass is 16.5. The second-order valence-electron chi connectivity index (χ2n) is 4.84. The summed E-state index contributed by atoms with van der Waals surface area (Å²) in [7, 11) is 2.10. The maximum Gasteiger partial charge on any atom is 0.323 e. The van der Waals surface area contributed by atoms with Gasteiger partial charge in [-0.3, -0.25) is 9.69 Å². The molecule has 0 aromatic heterocycles. The molecule has 1 N–H and O–H groups in total. The molecule has 16 heavy (non-hydrogen) atoms. The third-order valence-corrected chi connectivity index (χ3v) is 3.79. The zero-order chi connectivity index (χ0) is 11.7. The van der Waals surface area contributed by atoms with Gasteiger partial charge >= 0.3 is 5.97 Å². The molecule has 92 valence electrons. The number of likely N-dealkylation sites (tertiary alicyclic amines) is 1. The topological polar surface area (TPSA) is 53.0 Å². The maximum absolute atomic E-state index is 11.1. The number of nitrogens with zero attached hydrogens (tertiary/aromatic N) is 2. The first-order chi connectivity index (χ1) is 7.59. The largest absolute Gasteiger partial charge is 0.480 e. The van der Waals surface area contributed by atoms with Gasteiger partial charge in [-0.25, -0.2) is 0 Å². The first-order valence-electron chi connectivity index (χ1n) is 5.86. The van der Waals surface area contributed by atoms with Crippen LogP contribution in [0.5, 0.6) is 0 Å². The highest BCUT2D eigenvalue weighted by molar-refractivity contribution is 5.73. The molecule has 3 unspecified atom stereocenters. The number of carbonyl (C=O) groups is 1. The zero-order valence-corrected chi connectivity index (χ0v) is 9.93. The van der Waals surface area contributed by atoms with E-state index in [4.69, 9.17) is 9.84 Å². The highest BCUT2D eigenvalue weighted by Gasteiger charge is 2.38. The first kappa shape index (κ1) is 11.8. The minimum atomic E-state index is -0.762. The van der Waals surface area contributed by atoms with Gasteiger partial charge in [-0.1, -0.05) is 0 Å². The molecule has 0 aromatic rings. The number of hydrogen-bond acceptors (Lipinski definition) is 4. The molecule has 0 radical (unpaired) electrons. The number of ether oxygens (including phenoxy) is 1. The van der Waals surface area contributed by atoms with Crippen LogP contribution in [0.25, 0.3) is 0 Å². The van der Waals surface area contributed by atoms with Crippen LogP contribution in [-0.4, -0.2) is 72.4 Å². The van der Waals surface area contributed by atoms with Crippen molar-refractivity contribution in [2.24, 2.45) is 0 Å². The van der Waals surface area contributed by atoms with E-state index in [1.165, 1.54) is 0 Å². The first-order valence-corrected chi connectivity index (χ1v) is 5.86. The van der Waals surface area contributed by atoms with Gasteiger partial charge in [0.1, 0.15) is 6.04 Å². The average Bonchev–Trinajstić information content (AvgIpc) is 2.59. The number of rotatable bonds is 2. The molecule has 0 saturated carbocycles. The minimum absolute atomic E-state index is 0.323. The fourth-order valence-electron chi connectivity index (χ4n) is 2.67. The molecule has 2 aliphatic rings. The summed E-state index contributed by atoms with van der Waals surface area (Å²) in [6.45, 7) is 4.87. The second-order valence-corrected chi connectivity index (χ2v) is 4.84. The maximum atomic E-state index is 11.1. The fraction of sp³-hybridized carbons (Fsp3) is 0.909. The van der Waals surface area contributed by atoms with Crippen LogP contribution in [0.2, 0.25) is 0 Å². The van der Waals surface area contributed by atoms with Gasteiger partial charge in [0.15, 0.2) is 0 Å². The van der Waals surface area contributed by atoms with Crippen molar-refractivity contribution in [3.05, 3.63) is 0 Å². The van der Waals surface area contributed by atoms with E-state index in [9.17, 15) is 4.79 Å². The van der Waals surface area contributed by atoms with Gasteiger partial charge in [-0.15, -0.1) is 0 Å². The molecular formula is C11H20N2O3. The lowest BCUT2D eigenvalue weighted by Crippen LogP contribution is -2.54. The average molecular weight is 228 g/mol. The predicted molar refractivity (Wildman–Crippen MR) is 59.4 cm³/mol. The quantitative estimate of drug-likeness (QED) is 0.713. The Bertz CT molecular complexity index is 262. The smallest absolute Gasteiger partial charge is 0.323 e. The van der Waals surface area contributed by atoms with Crippen LogP contribution in [0.1, 0.15) is 13.3 Å². The van der Waals surface area contributed by atoms with Crippen LogP contribution in [0, 0.1) is 0 Å². The number of morpholine rings is 1. The Labute approximate surface area is 96.0 Å². The lowest BCUT2D eigenvalue weighted by atomic mass is 10.1. The van der Waals surface area contributed by atoms with Gasteiger partial charge in [0.2, 0.25) is 0 Å². The molecular weight excluding hydrogens is 208 g/mol. The molecule has 2 aliphatic heterocycles. The molecule has 2 rings (SSSR count). The van der Waals surface area contributed by atoms with Crippen LogP contribution in [0.4, 0.5) is 0 Å². The zero-order valence-electron chi connectivity index (χ0n) is 9.93. The van der Waals surface area contributed by atoms with Crippen molar-refractivity contribution in [2.45, 2.75) is 31.5 Å². The van der Waals surface area contributed by atoms with Crippen LogP contribution < -0.4 is 0 Å². The Hall–Kier alpha value is -0.650. The summed E-state index contributed by atoms with van der Waals surface area (Å²) in [6, 6.07) is 0.449. The highest BCUT2D eigenvalue weighted by Crippen LogP contribution is 2.23. The Kier molecular flexibility index (Phi) is 3.47. The molecule has 2 saturated heterocycles. The van der Waals surface area contributed by atoms with Crippen LogP contribution in [0.15, 0.2) is 0 Å². The Balaban J connectivity index is 2.03. The van der Waals surface area contributed by atoms with E-state index in [2.05, 4.69) is 23.8 Å². The minimum Gasteiger partial charge on any atom is -0.480 e. The van der Waals surface area contributed by atoms with Crippen LogP contribution in [-0.2, 0) is 9.53 Å². The van der Waals surface area contributed by atoms with E-state index in [1.54, 1.807) is 0 Å². The van der Waals surface area contributed by atoms with Gasteiger partial charge in [-0.05, 0) is 20.4 Å². The summed E-state index contributed by atoms with van der Waals surface area (Å²) < 4.78 is 5.25. The molecule has 0 aromatic carbocycles. The monoisotopic (exact) mass is 228 g/mol. The Morgan fingerprint density at radius 2 is 2.25 bits per heavy atom. The standard InChI is InChI=1S/C11H20N2O3/c1-8-5-9(6-12(8)2)13-3-4-16-7-10(13)11(14)15/h8-10H,3-7H2,1-2H3,(H,14,15). The molecule has 5 nitrogen and oxygen atoms in total. The Morgan fingerprint density at radius 3 is 2.81 bits per heavy atom. The summed E-state index contributed by atoms with van der Waals surface area (Å²) >= 11 is 0. The van der Waals surface area contributed by atoms with Crippen molar-refractivity contribution in [3.8, 4) is 0 Å². The van der Waals surface area contributed by atoms with Crippen molar-refractivity contribution < 1.29 is 14.6 Å². The predicted octanol–water partition coefficient (Wildman–Crippen LogP) is -0.136. The SMILES string of the molecule is CC1CC(N2CCOCC2C(=O)O)CN1C. The van der Waals surface area contributed by atoms with Gasteiger partial charge < -0.3 is 14.7 Å². The van der Waals surface area contributed by atoms with E-state index >= 15 is 0 Å². The van der Waals surface area contributed by atoms with Crippen molar-refractivity contribution in [2.75, 3.05) is 33.4 Å². The number of carboxylic acids is 1. The van der Waals surface area contributed by atoms with E-state index in [1.807, 2.05) is 0 Å². The lowest BCUT2D eigenvalue weighted by Gasteiger charge is -2.37. The van der Waals surface area contributed by atoms with Gasteiger partial charge in [0, 0.05) is 25.2 Å². The van der Waals surface area contributed by atoms with E-state index in [0.717, 1.165) is 19.5 Å². The fourth-order valence-corrected chi connectivity index (χ4v) is 2.67. The van der Waals surface area contributed by atoms with Gasteiger partial charge in [0.05, 0.1) is 13.2 Å². The van der Waals surface area contributed by atoms with E-state index < -0.39 is 12.0 Å². The third-order valence-electron chi connectivity index (χ3n) is 3.79. The number of likely N-dealkylation sites (N-methyl/N-ethyl adjacent to an activating group) is 1. The molecule has 2 fully saturated rings. The molecule has 3 atom stereocenters. The lowest BCUT2D eigenvalue weighted by molar-refractivity contribution is -0.151. The van der Waals surface area contributed by atoms with Crippen molar-refractivity contribution in [1.82, 2.24) is 9.80 Å². The summed E-state index contributed by atoms with van der Waals surface area (Å²) in [4.78, 5) is 15.5. The summed E-state index contributed by atoms with van der Waals surface area (Å²) in [5, 5.41) is 9.17. The summed E-state index contributed by atoms with van der Waals surface area (Å²) in [5.41, 5.74) is 0. The molecule has 2 heterocycles. The molecule has 0 amide bonds. The summed E-state index contributed by atoms with van der Waals surface area (Å²) in [5.74, 6) is -0.762. The molecule has 5 heteroatoms. The molecule has 0 aliphatic carbocycles. The van der Waals surface area contributed by atoms with Crippen LogP contribution in [0.3, 0.4) is 0 Å². The van der Waals surface area contributed by atoms with Crippen molar-refractivity contribution >= 4 is 5.97 Å². The van der Waals surface area contributed by atoms with Crippen molar-refractivity contribution in [3.63, 3.8) is 0 Å². The van der Waals surface area contributed by atoms with Crippen molar-refractivity contribution in [1.29, 1.82) is 0 Å². The van der Waals surface area contributed by atoms with E-state index in [-0.39, 0.29) is 0 Å². The Morgan fingerprint density at radius 1 is 1.50 bits per heavy atom. The normalized spacial score (nSPS) is 37.8. The summed E-state index contributed by atoms with van der Waals surface area (Å²) in [6.07, 6.45) is 1.06. The third kappa shape index (κ3) is 2.21. The van der Waals surface area contributed by atoms with Gasteiger partial charge in [-0.2, -0.15) is 0 Å². The number of hydrogen-bond donors (Lipinski definition) is 1.